The quantitative estimate of drug-likeness (QED) is 0.766. The van der Waals surface area contributed by atoms with Crippen LogP contribution in [0.4, 0.5) is 0 Å². The highest BCUT2D eigenvalue weighted by Crippen LogP contribution is 2.36. The largest absolute Gasteiger partial charge is 0.339 e. The molecule has 1 atom stereocenters. The normalized spacial score (nSPS) is 25.2. The molecule has 4 nitrogen and oxygen atoms in total. The predicted octanol–water partition coefficient (Wildman–Crippen LogP) is 4.63. The van der Waals surface area contributed by atoms with Crippen LogP contribution in [0.3, 0.4) is 0 Å². The fraction of sp³-hybridized carbons (Fsp3) is 0.824. The van der Waals surface area contributed by atoms with Crippen LogP contribution in [0.15, 0.2) is 4.52 Å². The molecule has 1 aliphatic carbocycles. The van der Waals surface area contributed by atoms with Gasteiger partial charge in [-0.1, -0.05) is 32.3 Å². The van der Waals surface area contributed by atoms with Crippen molar-refractivity contribution in [2.24, 2.45) is 11.3 Å². The maximum absolute atomic E-state index is 8.95. The molecule has 1 heterocycles. The number of aromatic nitrogens is 2. The zero-order chi connectivity index (χ0) is 15.3. The third kappa shape index (κ3) is 4.06. The van der Waals surface area contributed by atoms with Gasteiger partial charge in [-0.05, 0) is 43.4 Å². The molecule has 1 saturated carbocycles. The molecule has 0 aromatic carbocycles. The molecule has 0 amide bonds. The Morgan fingerprint density at radius 2 is 2.00 bits per heavy atom. The van der Waals surface area contributed by atoms with E-state index in [9.17, 15) is 0 Å². The van der Waals surface area contributed by atoms with Gasteiger partial charge in [0.15, 0.2) is 5.82 Å². The first-order valence-corrected chi connectivity index (χ1v) is 8.29. The van der Waals surface area contributed by atoms with Crippen molar-refractivity contribution in [1.29, 1.82) is 5.26 Å². The van der Waals surface area contributed by atoms with Crippen LogP contribution in [-0.2, 0) is 6.42 Å². The van der Waals surface area contributed by atoms with Crippen LogP contribution in [0.25, 0.3) is 0 Å². The first-order valence-electron chi connectivity index (χ1n) is 8.29. The molecular weight excluding hydrogens is 262 g/mol. The van der Waals surface area contributed by atoms with Crippen molar-refractivity contribution in [1.82, 2.24) is 10.1 Å². The summed E-state index contributed by atoms with van der Waals surface area (Å²) in [6.07, 6.45) is 8.39. The van der Waals surface area contributed by atoms with Crippen LogP contribution in [0.1, 0.15) is 83.3 Å². The van der Waals surface area contributed by atoms with Crippen molar-refractivity contribution < 1.29 is 4.52 Å². The molecule has 0 radical (unpaired) electrons. The Labute approximate surface area is 127 Å². The summed E-state index contributed by atoms with van der Waals surface area (Å²) in [5.74, 6) is 2.93. The molecule has 1 unspecified atom stereocenters. The minimum atomic E-state index is -0.0571. The molecule has 0 aliphatic heterocycles. The maximum atomic E-state index is 8.95. The second-order valence-electron chi connectivity index (χ2n) is 6.85. The molecular formula is C17H27N3O. The van der Waals surface area contributed by atoms with Crippen LogP contribution in [0.2, 0.25) is 0 Å². The average molecular weight is 289 g/mol. The molecule has 2 rings (SSSR count). The zero-order valence-corrected chi connectivity index (χ0v) is 13.6. The highest BCUT2D eigenvalue weighted by molar-refractivity contribution is 5.00. The Balaban J connectivity index is 1.97. The Morgan fingerprint density at radius 1 is 1.29 bits per heavy atom. The van der Waals surface area contributed by atoms with Gasteiger partial charge in [0.2, 0.25) is 5.89 Å². The van der Waals surface area contributed by atoms with Crippen molar-refractivity contribution in [3.05, 3.63) is 11.7 Å². The van der Waals surface area contributed by atoms with Gasteiger partial charge >= 0.3 is 0 Å². The van der Waals surface area contributed by atoms with Gasteiger partial charge in [-0.2, -0.15) is 10.2 Å². The van der Waals surface area contributed by atoms with Crippen LogP contribution < -0.4 is 0 Å². The van der Waals surface area contributed by atoms with E-state index in [0.29, 0.717) is 24.7 Å². The van der Waals surface area contributed by atoms with Crippen molar-refractivity contribution >= 4 is 0 Å². The monoisotopic (exact) mass is 289 g/mol. The van der Waals surface area contributed by atoms with E-state index in [1.54, 1.807) is 0 Å². The third-order valence-electron chi connectivity index (χ3n) is 5.21. The van der Waals surface area contributed by atoms with Crippen molar-refractivity contribution in [3.63, 3.8) is 0 Å². The summed E-state index contributed by atoms with van der Waals surface area (Å²) in [7, 11) is 0. The predicted molar refractivity (Wildman–Crippen MR) is 81.6 cm³/mol. The lowest BCUT2D eigenvalue weighted by molar-refractivity contribution is 0.263. The summed E-state index contributed by atoms with van der Waals surface area (Å²) in [6, 6.07) is 2.27. The highest BCUT2D eigenvalue weighted by Gasteiger charge is 2.28. The molecule has 0 saturated heterocycles. The van der Waals surface area contributed by atoms with E-state index in [0.717, 1.165) is 18.2 Å². The average Bonchev–Trinajstić information content (AvgIpc) is 2.96. The molecule has 1 aliphatic rings. The van der Waals surface area contributed by atoms with E-state index >= 15 is 0 Å². The number of nitrogens with zero attached hydrogens (tertiary/aromatic N) is 3. The SMILES string of the molecule is CCC1CCC(c2noc(CC(C)(CC)CC#N)n2)CC1. The van der Waals surface area contributed by atoms with Gasteiger partial charge in [0.25, 0.3) is 0 Å². The van der Waals surface area contributed by atoms with Crippen molar-refractivity contribution in [2.45, 2.75) is 78.1 Å². The lowest BCUT2D eigenvalue weighted by Crippen LogP contribution is -2.18. The van der Waals surface area contributed by atoms with E-state index in [1.165, 1.54) is 32.1 Å². The topological polar surface area (TPSA) is 62.7 Å². The second-order valence-corrected chi connectivity index (χ2v) is 6.85. The van der Waals surface area contributed by atoms with E-state index in [4.69, 9.17) is 9.78 Å². The van der Waals surface area contributed by atoms with Gasteiger partial charge in [0.1, 0.15) is 0 Å². The van der Waals surface area contributed by atoms with Crippen LogP contribution in [0, 0.1) is 22.7 Å². The van der Waals surface area contributed by atoms with Gasteiger partial charge < -0.3 is 4.52 Å². The van der Waals surface area contributed by atoms with Crippen molar-refractivity contribution in [3.8, 4) is 6.07 Å². The lowest BCUT2D eigenvalue weighted by Gasteiger charge is -2.25. The fourth-order valence-corrected chi connectivity index (χ4v) is 3.20. The molecule has 0 spiro atoms. The van der Waals surface area contributed by atoms with Crippen LogP contribution in [-0.4, -0.2) is 10.1 Å². The molecule has 1 fully saturated rings. The molecule has 4 heteroatoms. The van der Waals surface area contributed by atoms with E-state index in [1.807, 2.05) is 0 Å². The van der Waals surface area contributed by atoms with Gasteiger partial charge in [-0.3, -0.25) is 0 Å². The fourth-order valence-electron chi connectivity index (χ4n) is 3.20. The first-order chi connectivity index (χ1) is 10.1. The second kappa shape index (κ2) is 7.06. The van der Waals surface area contributed by atoms with E-state index in [-0.39, 0.29) is 5.41 Å². The number of hydrogen-bond donors (Lipinski definition) is 0. The minimum Gasteiger partial charge on any atom is -0.339 e. The summed E-state index contributed by atoms with van der Waals surface area (Å²) in [6.45, 7) is 6.51. The summed E-state index contributed by atoms with van der Waals surface area (Å²) >= 11 is 0. The molecule has 1 aromatic heterocycles. The summed E-state index contributed by atoms with van der Waals surface area (Å²) in [4.78, 5) is 4.61. The molecule has 0 N–H and O–H groups in total. The molecule has 1 aromatic rings. The lowest BCUT2D eigenvalue weighted by atomic mass is 9.80. The van der Waals surface area contributed by atoms with Gasteiger partial charge in [-0.15, -0.1) is 0 Å². The minimum absolute atomic E-state index is 0.0571. The highest BCUT2D eigenvalue weighted by atomic mass is 16.5. The maximum Gasteiger partial charge on any atom is 0.227 e. The first kappa shape index (κ1) is 16.0. The number of rotatable bonds is 6. The standard InChI is InChI=1S/C17H27N3O/c1-4-13-6-8-14(9-7-13)16-19-15(21-20-16)12-17(3,5-2)10-11-18/h13-14H,4-10,12H2,1-3H3. The Kier molecular flexibility index (Phi) is 5.39. The molecule has 116 valence electrons. The zero-order valence-electron chi connectivity index (χ0n) is 13.6. The number of hydrogen-bond acceptors (Lipinski definition) is 4. The Hall–Kier alpha value is -1.37. The molecule has 21 heavy (non-hydrogen) atoms. The van der Waals surface area contributed by atoms with Gasteiger partial charge in [0.05, 0.1) is 6.07 Å². The smallest absolute Gasteiger partial charge is 0.227 e. The summed E-state index contributed by atoms with van der Waals surface area (Å²) < 4.78 is 5.44. The van der Waals surface area contributed by atoms with Crippen molar-refractivity contribution in [2.75, 3.05) is 0 Å². The Bertz CT molecular complexity index is 482. The van der Waals surface area contributed by atoms with E-state index < -0.39 is 0 Å². The van der Waals surface area contributed by atoms with E-state index in [2.05, 4.69) is 37.0 Å². The van der Waals surface area contributed by atoms with Crippen LogP contribution in [0.5, 0.6) is 0 Å². The third-order valence-corrected chi connectivity index (χ3v) is 5.21. The van der Waals surface area contributed by atoms with Gasteiger partial charge in [0, 0.05) is 18.8 Å². The number of nitriles is 1. The van der Waals surface area contributed by atoms with Crippen LogP contribution >= 0.6 is 0 Å². The van der Waals surface area contributed by atoms with Gasteiger partial charge in [-0.25, -0.2) is 0 Å². The summed E-state index contributed by atoms with van der Waals surface area (Å²) in [5, 5.41) is 13.2. The molecule has 0 bridgehead atoms. The Morgan fingerprint density at radius 3 is 2.57 bits per heavy atom. The summed E-state index contributed by atoms with van der Waals surface area (Å²) in [5.41, 5.74) is -0.0571.